The summed E-state index contributed by atoms with van der Waals surface area (Å²) < 4.78 is 11.8. The van der Waals surface area contributed by atoms with Gasteiger partial charge in [0.2, 0.25) is 0 Å². The van der Waals surface area contributed by atoms with Gasteiger partial charge in [0.1, 0.15) is 5.75 Å². The Bertz CT molecular complexity index is 316. The maximum absolute atomic E-state index is 5.77. The number of halogens is 2. The van der Waals surface area contributed by atoms with Crippen molar-refractivity contribution in [2.45, 2.75) is 18.2 Å². The lowest BCUT2D eigenvalue weighted by atomic mass is 10.2. The van der Waals surface area contributed by atoms with E-state index in [0.717, 1.165) is 41.6 Å². The molecule has 0 atom stereocenters. The Morgan fingerprint density at radius 1 is 1.19 bits per heavy atom. The first kappa shape index (κ1) is 14.0. The molecular formula is C12H16Br2O2. The van der Waals surface area contributed by atoms with Crippen LogP contribution in [0.4, 0.5) is 0 Å². The predicted molar refractivity (Wildman–Crippen MR) is 73.4 cm³/mol. The summed E-state index contributed by atoms with van der Waals surface area (Å²) in [6.07, 6.45) is 2.04. The molecule has 0 spiro atoms. The van der Waals surface area contributed by atoms with Crippen LogP contribution in [0.2, 0.25) is 0 Å². The van der Waals surface area contributed by atoms with Crippen LogP contribution in [0.1, 0.15) is 18.4 Å². The summed E-state index contributed by atoms with van der Waals surface area (Å²) in [4.78, 5) is 0. The zero-order chi connectivity index (χ0) is 11.8. The van der Waals surface area contributed by atoms with Gasteiger partial charge in [0, 0.05) is 24.6 Å². The number of unbranched alkanes of at least 4 members (excludes halogenated alkanes) is 1. The number of alkyl halides is 1. The Labute approximate surface area is 114 Å². The molecule has 0 aliphatic rings. The van der Waals surface area contributed by atoms with E-state index < -0.39 is 0 Å². The van der Waals surface area contributed by atoms with Crippen LogP contribution in [0.3, 0.4) is 0 Å². The van der Waals surface area contributed by atoms with Crippen molar-refractivity contribution in [1.29, 1.82) is 0 Å². The van der Waals surface area contributed by atoms with E-state index in [0.29, 0.717) is 0 Å². The molecule has 0 aliphatic heterocycles. The van der Waals surface area contributed by atoms with Crippen molar-refractivity contribution in [2.75, 3.05) is 20.3 Å². The molecular weight excluding hydrogens is 336 g/mol. The van der Waals surface area contributed by atoms with Crippen molar-refractivity contribution in [2.24, 2.45) is 0 Å². The largest absolute Gasteiger partial charge is 0.492 e. The van der Waals surface area contributed by atoms with Crippen LogP contribution in [-0.2, 0) is 10.1 Å². The lowest BCUT2D eigenvalue weighted by Crippen LogP contribution is -2.02. The quantitative estimate of drug-likeness (QED) is 0.542. The molecule has 1 aromatic carbocycles. The summed E-state index contributed by atoms with van der Waals surface area (Å²) in [5.74, 6) is 0.941. The molecule has 0 bridgehead atoms. The number of benzene rings is 1. The maximum Gasteiger partial charge on any atom is 0.137 e. The van der Waals surface area contributed by atoms with Crippen molar-refractivity contribution >= 4 is 31.9 Å². The minimum Gasteiger partial charge on any atom is -0.492 e. The third-order valence-corrected chi connectivity index (χ3v) is 3.41. The number of hydrogen-bond donors (Lipinski definition) is 0. The van der Waals surface area contributed by atoms with Crippen LogP contribution in [0.5, 0.6) is 5.75 Å². The fourth-order valence-electron chi connectivity index (χ4n) is 1.34. The van der Waals surface area contributed by atoms with Gasteiger partial charge in [-0.25, -0.2) is 0 Å². The number of rotatable bonds is 7. The van der Waals surface area contributed by atoms with Gasteiger partial charge in [-0.05, 0) is 34.8 Å². The highest BCUT2D eigenvalue weighted by atomic mass is 79.9. The molecule has 1 rings (SSSR count). The molecule has 0 saturated carbocycles. The Morgan fingerprint density at radius 2 is 1.94 bits per heavy atom. The van der Waals surface area contributed by atoms with Crippen molar-refractivity contribution < 1.29 is 9.47 Å². The highest BCUT2D eigenvalue weighted by Crippen LogP contribution is 2.30. The molecule has 0 fully saturated rings. The molecule has 0 aromatic heterocycles. The third kappa shape index (κ3) is 4.44. The number of ether oxygens (including phenoxy) is 2. The molecule has 0 radical (unpaired) electrons. The van der Waals surface area contributed by atoms with Gasteiger partial charge in [-0.15, -0.1) is 0 Å². The standard InChI is InChI=1S/C12H16Br2O2/c1-15-7-2-3-8-16-12-10(9-13)5-4-6-11(12)14/h4-6H,2-3,7-9H2,1H3. The summed E-state index contributed by atoms with van der Waals surface area (Å²) >= 11 is 6.96. The van der Waals surface area contributed by atoms with Gasteiger partial charge in [-0.1, -0.05) is 28.1 Å². The molecule has 90 valence electrons. The summed E-state index contributed by atoms with van der Waals surface area (Å²) in [5, 5.41) is 0.805. The van der Waals surface area contributed by atoms with Gasteiger partial charge in [0.25, 0.3) is 0 Å². The second kappa shape index (κ2) is 8.09. The Hall–Kier alpha value is -0.0600. The SMILES string of the molecule is COCCCCOc1c(Br)cccc1CBr. The van der Waals surface area contributed by atoms with Crippen LogP contribution in [0.15, 0.2) is 22.7 Å². The lowest BCUT2D eigenvalue weighted by Gasteiger charge is -2.11. The van der Waals surface area contributed by atoms with Gasteiger partial charge < -0.3 is 9.47 Å². The molecule has 0 unspecified atom stereocenters. The second-order valence-electron chi connectivity index (χ2n) is 3.41. The van der Waals surface area contributed by atoms with E-state index in [1.54, 1.807) is 7.11 Å². The number of hydrogen-bond acceptors (Lipinski definition) is 2. The molecule has 0 aliphatic carbocycles. The lowest BCUT2D eigenvalue weighted by molar-refractivity contribution is 0.184. The monoisotopic (exact) mass is 350 g/mol. The molecule has 0 N–H and O–H groups in total. The Kier molecular flexibility index (Phi) is 7.08. The van der Waals surface area contributed by atoms with Crippen LogP contribution in [-0.4, -0.2) is 20.3 Å². The highest BCUT2D eigenvalue weighted by molar-refractivity contribution is 9.10. The van der Waals surface area contributed by atoms with E-state index in [9.17, 15) is 0 Å². The Balaban J connectivity index is 2.46. The van der Waals surface area contributed by atoms with Gasteiger partial charge in [0.05, 0.1) is 11.1 Å². The van der Waals surface area contributed by atoms with Crippen molar-refractivity contribution in [3.63, 3.8) is 0 Å². The average Bonchev–Trinajstić information content (AvgIpc) is 2.30. The van der Waals surface area contributed by atoms with Crippen LogP contribution in [0, 0.1) is 0 Å². The molecule has 0 heterocycles. The first-order chi connectivity index (χ1) is 7.79. The van der Waals surface area contributed by atoms with Gasteiger partial charge >= 0.3 is 0 Å². The predicted octanol–water partition coefficient (Wildman–Crippen LogP) is 4.15. The number of para-hydroxylation sites is 1. The topological polar surface area (TPSA) is 18.5 Å². The summed E-state index contributed by atoms with van der Waals surface area (Å²) in [5.41, 5.74) is 1.17. The van der Waals surface area contributed by atoms with E-state index in [-0.39, 0.29) is 0 Å². The minimum absolute atomic E-state index is 0.728. The van der Waals surface area contributed by atoms with Gasteiger partial charge in [-0.2, -0.15) is 0 Å². The smallest absolute Gasteiger partial charge is 0.137 e. The van der Waals surface area contributed by atoms with Crippen LogP contribution in [0.25, 0.3) is 0 Å². The third-order valence-electron chi connectivity index (χ3n) is 2.18. The second-order valence-corrected chi connectivity index (χ2v) is 4.83. The van der Waals surface area contributed by atoms with Crippen LogP contribution < -0.4 is 4.74 Å². The van der Waals surface area contributed by atoms with Crippen molar-refractivity contribution in [1.82, 2.24) is 0 Å². The fraction of sp³-hybridized carbons (Fsp3) is 0.500. The van der Waals surface area contributed by atoms with Crippen molar-refractivity contribution in [3.05, 3.63) is 28.2 Å². The van der Waals surface area contributed by atoms with Gasteiger partial charge in [0.15, 0.2) is 0 Å². The zero-order valence-electron chi connectivity index (χ0n) is 9.34. The molecule has 2 nitrogen and oxygen atoms in total. The number of methoxy groups -OCH3 is 1. The summed E-state index contributed by atoms with van der Waals surface area (Å²) in [6.45, 7) is 1.52. The Morgan fingerprint density at radius 3 is 2.62 bits per heavy atom. The first-order valence-corrected chi connectivity index (χ1v) is 7.16. The fourth-order valence-corrected chi connectivity index (χ4v) is 2.31. The zero-order valence-corrected chi connectivity index (χ0v) is 12.5. The van der Waals surface area contributed by atoms with E-state index in [1.807, 2.05) is 12.1 Å². The van der Waals surface area contributed by atoms with E-state index in [1.165, 1.54) is 5.56 Å². The summed E-state index contributed by atoms with van der Waals surface area (Å²) in [6, 6.07) is 6.07. The highest BCUT2D eigenvalue weighted by Gasteiger charge is 2.06. The van der Waals surface area contributed by atoms with Gasteiger partial charge in [-0.3, -0.25) is 0 Å². The molecule has 1 aromatic rings. The van der Waals surface area contributed by atoms with E-state index >= 15 is 0 Å². The normalized spacial score (nSPS) is 10.4. The van der Waals surface area contributed by atoms with Crippen molar-refractivity contribution in [3.8, 4) is 5.75 Å². The summed E-state index contributed by atoms with van der Waals surface area (Å²) in [7, 11) is 1.72. The minimum atomic E-state index is 0.728. The van der Waals surface area contributed by atoms with E-state index in [4.69, 9.17) is 9.47 Å². The average molecular weight is 352 g/mol. The molecule has 4 heteroatoms. The molecule has 16 heavy (non-hydrogen) atoms. The van der Waals surface area contributed by atoms with Crippen LogP contribution >= 0.6 is 31.9 Å². The molecule has 0 amide bonds. The first-order valence-electron chi connectivity index (χ1n) is 5.24. The van der Waals surface area contributed by atoms with E-state index in [2.05, 4.69) is 37.9 Å². The maximum atomic E-state index is 5.77. The molecule has 0 saturated heterocycles.